The fourth-order valence-electron chi connectivity index (χ4n) is 1.77. The van der Waals surface area contributed by atoms with Crippen molar-refractivity contribution in [3.63, 3.8) is 0 Å². The highest BCUT2D eigenvalue weighted by Crippen LogP contribution is 2.27. The Kier molecular flexibility index (Phi) is 4.32. The van der Waals surface area contributed by atoms with Crippen LogP contribution in [0.1, 0.15) is 25.0 Å². The minimum Gasteiger partial charge on any atom is -0.489 e. The average molecular weight is 276 g/mol. The fraction of sp³-hybridized carbons (Fsp3) is 0.333. The Balaban J connectivity index is 2.06. The molecular formula is C15H20N2OS. The molecule has 0 fully saturated rings. The van der Waals surface area contributed by atoms with Crippen LogP contribution in [0.3, 0.4) is 0 Å². The number of hydrogen-bond acceptors (Lipinski definition) is 4. The molecule has 19 heavy (non-hydrogen) atoms. The molecule has 0 radical (unpaired) electrons. The van der Waals surface area contributed by atoms with Crippen LogP contribution in [0.15, 0.2) is 29.0 Å². The number of thiophene rings is 1. The summed E-state index contributed by atoms with van der Waals surface area (Å²) in [5.74, 6) is 0.738. The van der Waals surface area contributed by atoms with E-state index < -0.39 is 0 Å². The summed E-state index contributed by atoms with van der Waals surface area (Å²) in [5, 5.41) is 7.73. The number of hydrogen-bond donors (Lipinski definition) is 2. The van der Waals surface area contributed by atoms with Crippen LogP contribution in [0.25, 0.3) is 0 Å². The Morgan fingerprint density at radius 1 is 1.32 bits per heavy atom. The highest BCUT2D eigenvalue weighted by atomic mass is 32.1. The molecule has 2 aromatic rings. The first-order chi connectivity index (χ1) is 9.06. The normalized spacial score (nSPS) is 10.7. The topological polar surface area (TPSA) is 47.3 Å². The summed E-state index contributed by atoms with van der Waals surface area (Å²) < 4.78 is 5.68. The van der Waals surface area contributed by atoms with Crippen molar-refractivity contribution in [3.8, 4) is 5.75 Å². The molecule has 1 aromatic carbocycles. The van der Waals surface area contributed by atoms with Crippen LogP contribution in [0.2, 0.25) is 0 Å². The number of nitrogens with one attached hydrogen (secondary N) is 1. The molecule has 1 heterocycles. The maximum Gasteiger partial charge on any atom is 0.144 e. The van der Waals surface area contributed by atoms with Crippen molar-refractivity contribution in [1.82, 2.24) is 0 Å². The summed E-state index contributed by atoms with van der Waals surface area (Å²) in [6, 6.07) is 5.81. The van der Waals surface area contributed by atoms with Gasteiger partial charge >= 0.3 is 0 Å². The zero-order valence-corrected chi connectivity index (χ0v) is 12.4. The SMILES string of the molecule is Cc1cscc1CNc1ccc(N)c(OC(C)C)c1. The lowest BCUT2D eigenvalue weighted by Gasteiger charge is -2.14. The molecule has 0 atom stereocenters. The smallest absolute Gasteiger partial charge is 0.144 e. The second-order valence-electron chi connectivity index (χ2n) is 4.85. The molecular weight excluding hydrogens is 256 g/mol. The van der Waals surface area contributed by atoms with Crippen LogP contribution in [0.5, 0.6) is 5.75 Å². The Morgan fingerprint density at radius 3 is 2.74 bits per heavy atom. The van der Waals surface area contributed by atoms with E-state index in [2.05, 4.69) is 23.0 Å². The van der Waals surface area contributed by atoms with Crippen molar-refractivity contribution in [2.45, 2.75) is 33.4 Å². The Hall–Kier alpha value is -1.68. The molecule has 3 nitrogen and oxygen atoms in total. The van der Waals surface area contributed by atoms with Gasteiger partial charge in [-0.05, 0) is 54.8 Å². The first-order valence-corrected chi connectivity index (χ1v) is 7.32. The van der Waals surface area contributed by atoms with Gasteiger partial charge in [0.2, 0.25) is 0 Å². The summed E-state index contributed by atoms with van der Waals surface area (Å²) >= 11 is 1.73. The van der Waals surface area contributed by atoms with E-state index in [9.17, 15) is 0 Å². The average Bonchev–Trinajstić information content (AvgIpc) is 2.75. The molecule has 0 saturated heterocycles. The number of ether oxygens (including phenoxy) is 1. The number of nitrogens with two attached hydrogens (primary N) is 1. The lowest BCUT2D eigenvalue weighted by Crippen LogP contribution is -2.08. The van der Waals surface area contributed by atoms with E-state index in [0.717, 1.165) is 18.0 Å². The van der Waals surface area contributed by atoms with Crippen LogP contribution >= 0.6 is 11.3 Å². The summed E-state index contributed by atoms with van der Waals surface area (Å²) in [7, 11) is 0. The predicted molar refractivity (Wildman–Crippen MR) is 83.0 cm³/mol. The molecule has 0 bridgehead atoms. The van der Waals surface area contributed by atoms with Crippen molar-refractivity contribution >= 4 is 22.7 Å². The van der Waals surface area contributed by atoms with Gasteiger partial charge in [0.1, 0.15) is 5.75 Å². The minimum absolute atomic E-state index is 0.122. The quantitative estimate of drug-likeness (QED) is 0.810. The van der Waals surface area contributed by atoms with Crippen molar-refractivity contribution in [3.05, 3.63) is 40.1 Å². The van der Waals surface area contributed by atoms with Gasteiger partial charge in [-0.3, -0.25) is 0 Å². The largest absolute Gasteiger partial charge is 0.489 e. The van der Waals surface area contributed by atoms with Gasteiger partial charge in [-0.1, -0.05) is 0 Å². The Morgan fingerprint density at radius 2 is 2.11 bits per heavy atom. The molecule has 0 unspecified atom stereocenters. The molecule has 0 aliphatic carbocycles. The second kappa shape index (κ2) is 5.97. The monoisotopic (exact) mass is 276 g/mol. The van der Waals surface area contributed by atoms with Gasteiger partial charge in [0.15, 0.2) is 0 Å². The predicted octanol–water partition coefficient (Wildman–Crippen LogP) is 4.04. The van der Waals surface area contributed by atoms with E-state index in [4.69, 9.17) is 10.5 Å². The third kappa shape index (κ3) is 3.64. The van der Waals surface area contributed by atoms with Gasteiger partial charge in [0, 0.05) is 18.3 Å². The highest BCUT2D eigenvalue weighted by molar-refractivity contribution is 7.08. The number of benzene rings is 1. The van der Waals surface area contributed by atoms with Crippen LogP contribution in [0, 0.1) is 6.92 Å². The van der Waals surface area contributed by atoms with Gasteiger partial charge in [-0.15, -0.1) is 0 Å². The van der Waals surface area contributed by atoms with Crippen LogP contribution < -0.4 is 15.8 Å². The summed E-state index contributed by atoms with van der Waals surface area (Å²) in [5.41, 5.74) is 10.2. The molecule has 1 aromatic heterocycles. The maximum atomic E-state index is 5.90. The van der Waals surface area contributed by atoms with Gasteiger partial charge in [-0.25, -0.2) is 0 Å². The fourth-order valence-corrected chi connectivity index (χ4v) is 2.62. The number of anilines is 2. The van der Waals surface area contributed by atoms with Gasteiger partial charge in [0.25, 0.3) is 0 Å². The van der Waals surface area contributed by atoms with E-state index in [0.29, 0.717) is 5.69 Å². The van der Waals surface area contributed by atoms with Crippen molar-refractivity contribution < 1.29 is 4.74 Å². The van der Waals surface area contributed by atoms with Gasteiger partial charge < -0.3 is 15.8 Å². The van der Waals surface area contributed by atoms with E-state index in [1.54, 1.807) is 11.3 Å². The van der Waals surface area contributed by atoms with E-state index in [1.165, 1.54) is 11.1 Å². The Bertz CT molecular complexity index is 549. The molecule has 0 aliphatic rings. The molecule has 0 aliphatic heterocycles. The van der Waals surface area contributed by atoms with E-state index >= 15 is 0 Å². The van der Waals surface area contributed by atoms with Crippen molar-refractivity contribution in [2.24, 2.45) is 0 Å². The van der Waals surface area contributed by atoms with E-state index in [1.807, 2.05) is 32.0 Å². The number of rotatable bonds is 5. The first-order valence-electron chi connectivity index (χ1n) is 6.38. The molecule has 102 valence electrons. The second-order valence-corrected chi connectivity index (χ2v) is 5.60. The highest BCUT2D eigenvalue weighted by Gasteiger charge is 2.05. The first kappa shape index (κ1) is 13.7. The van der Waals surface area contributed by atoms with Crippen LogP contribution in [0.4, 0.5) is 11.4 Å². The lowest BCUT2D eigenvalue weighted by molar-refractivity contribution is 0.244. The standard InChI is InChI=1S/C15H20N2OS/c1-10(2)18-15-6-13(4-5-14(15)16)17-7-12-9-19-8-11(12)3/h4-6,8-10,17H,7,16H2,1-3H3. The molecule has 0 saturated carbocycles. The molecule has 3 N–H and O–H groups in total. The number of aryl methyl sites for hydroxylation is 1. The Labute approximate surface area is 118 Å². The van der Waals surface area contributed by atoms with Crippen molar-refractivity contribution in [2.75, 3.05) is 11.1 Å². The zero-order valence-electron chi connectivity index (χ0n) is 11.6. The minimum atomic E-state index is 0.122. The molecule has 4 heteroatoms. The molecule has 0 amide bonds. The zero-order chi connectivity index (χ0) is 13.8. The van der Waals surface area contributed by atoms with Gasteiger partial charge in [-0.2, -0.15) is 11.3 Å². The maximum absolute atomic E-state index is 5.90. The third-order valence-corrected chi connectivity index (χ3v) is 3.73. The summed E-state index contributed by atoms with van der Waals surface area (Å²) in [4.78, 5) is 0. The van der Waals surface area contributed by atoms with E-state index in [-0.39, 0.29) is 6.10 Å². The molecule has 0 spiro atoms. The van der Waals surface area contributed by atoms with Crippen LogP contribution in [-0.2, 0) is 6.54 Å². The lowest BCUT2D eigenvalue weighted by atomic mass is 10.2. The molecule has 2 rings (SSSR count). The summed E-state index contributed by atoms with van der Waals surface area (Å²) in [6.07, 6.45) is 0.122. The van der Waals surface area contributed by atoms with Gasteiger partial charge in [0.05, 0.1) is 11.8 Å². The van der Waals surface area contributed by atoms with Crippen molar-refractivity contribution in [1.29, 1.82) is 0 Å². The third-order valence-electron chi connectivity index (χ3n) is 2.82. The summed E-state index contributed by atoms with van der Waals surface area (Å²) in [6.45, 7) is 6.94. The van der Waals surface area contributed by atoms with Crippen LogP contribution in [-0.4, -0.2) is 6.10 Å². The number of nitrogen functional groups attached to an aromatic ring is 1.